The summed E-state index contributed by atoms with van der Waals surface area (Å²) in [4.78, 5) is 14.4. The molecule has 30 heavy (non-hydrogen) atoms. The summed E-state index contributed by atoms with van der Waals surface area (Å²) in [6.45, 7) is 8.88. The van der Waals surface area contributed by atoms with Gasteiger partial charge in [0.05, 0.1) is 4.88 Å². The second-order valence-electron chi connectivity index (χ2n) is 8.04. The Labute approximate surface area is 184 Å². The van der Waals surface area contributed by atoms with Crippen LogP contribution in [0.25, 0.3) is 0 Å². The highest BCUT2D eigenvalue weighted by molar-refractivity contribution is 7.14. The average molecular weight is 431 g/mol. The zero-order valence-corrected chi connectivity index (χ0v) is 19.1. The van der Waals surface area contributed by atoms with Gasteiger partial charge in [0.25, 0.3) is 5.91 Å². The van der Waals surface area contributed by atoms with E-state index in [1.165, 1.54) is 16.0 Å². The summed E-state index contributed by atoms with van der Waals surface area (Å²) < 4.78 is 11.1. The van der Waals surface area contributed by atoms with Crippen molar-refractivity contribution in [2.45, 2.75) is 64.8 Å². The van der Waals surface area contributed by atoms with Crippen molar-refractivity contribution in [2.75, 3.05) is 19.8 Å². The lowest BCUT2D eigenvalue weighted by molar-refractivity contribution is -0.139. The van der Waals surface area contributed by atoms with Crippen LogP contribution in [0.1, 0.15) is 59.3 Å². The van der Waals surface area contributed by atoms with Gasteiger partial charge in [-0.15, -0.1) is 11.3 Å². The molecule has 1 aromatic heterocycles. The molecule has 1 aliphatic rings. The van der Waals surface area contributed by atoms with Gasteiger partial charge in [0.15, 0.2) is 6.29 Å². The summed E-state index contributed by atoms with van der Waals surface area (Å²) in [5, 5.41) is 6.72. The molecular weight excluding hydrogens is 396 g/mol. The van der Waals surface area contributed by atoms with Crippen molar-refractivity contribution < 1.29 is 14.3 Å². The van der Waals surface area contributed by atoms with Gasteiger partial charge in [-0.3, -0.25) is 4.79 Å². The summed E-state index contributed by atoms with van der Waals surface area (Å²) in [6.07, 6.45) is 3.52. The third kappa shape index (κ3) is 6.38. The van der Waals surface area contributed by atoms with Gasteiger partial charge in [-0.2, -0.15) is 0 Å². The van der Waals surface area contributed by atoms with Crippen LogP contribution in [0.3, 0.4) is 0 Å². The van der Waals surface area contributed by atoms with E-state index in [9.17, 15) is 4.79 Å². The van der Waals surface area contributed by atoms with E-state index < -0.39 is 0 Å². The molecule has 1 aliphatic carbocycles. The zero-order chi connectivity index (χ0) is 21.4. The average Bonchev–Trinajstić information content (AvgIpc) is 3.34. The fourth-order valence-corrected chi connectivity index (χ4v) is 4.83. The second-order valence-corrected chi connectivity index (χ2v) is 9.21. The fraction of sp³-hybridized carbons (Fsp3) is 0.542. The van der Waals surface area contributed by atoms with Crippen LogP contribution in [0, 0.1) is 0 Å². The number of ether oxygens (including phenoxy) is 2. The monoisotopic (exact) mass is 430 g/mol. The lowest BCUT2D eigenvalue weighted by atomic mass is 9.98. The van der Waals surface area contributed by atoms with E-state index in [-0.39, 0.29) is 17.7 Å². The highest BCUT2D eigenvalue weighted by Gasteiger charge is 2.32. The predicted molar refractivity (Wildman–Crippen MR) is 122 cm³/mol. The van der Waals surface area contributed by atoms with Crippen LogP contribution >= 0.6 is 11.3 Å². The van der Waals surface area contributed by atoms with Crippen molar-refractivity contribution >= 4 is 17.2 Å². The normalized spacial score (nSPS) is 14.8. The first-order valence-corrected chi connectivity index (χ1v) is 11.8. The zero-order valence-electron chi connectivity index (χ0n) is 18.3. The topological polar surface area (TPSA) is 59.6 Å². The summed E-state index contributed by atoms with van der Waals surface area (Å²) in [7, 11) is 0. The van der Waals surface area contributed by atoms with Crippen molar-refractivity contribution in [3.05, 3.63) is 57.3 Å². The Bertz CT molecular complexity index is 789. The third-order valence-corrected chi connectivity index (χ3v) is 6.55. The van der Waals surface area contributed by atoms with E-state index in [4.69, 9.17) is 9.47 Å². The molecule has 0 fully saturated rings. The van der Waals surface area contributed by atoms with E-state index in [1.807, 2.05) is 19.9 Å². The molecular formula is C24H34N2O3S. The van der Waals surface area contributed by atoms with Gasteiger partial charge in [0, 0.05) is 43.1 Å². The quantitative estimate of drug-likeness (QED) is 0.389. The van der Waals surface area contributed by atoms with Crippen LogP contribution in [0.4, 0.5) is 0 Å². The summed E-state index contributed by atoms with van der Waals surface area (Å²) in [6, 6.07) is 12.6. The van der Waals surface area contributed by atoms with E-state index in [0.717, 1.165) is 37.1 Å². The van der Waals surface area contributed by atoms with E-state index in [1.54, 1.807) is 11.3 Å². The van der Waals surface area contributed by atoms with Gasteiger partial charge < -0.3 is 20.1 Å². The van der Waals surface area contributed by atoms with Crippen molar-refractivity contribution in [1.29, 1.82) is 0 Å². The number of benzene rings is 1. The number of thiophene rings is 1. The summed E-state index contributed by atoms with van der Waals surface area (Å²) >= 11 is 1.56. The molecule has 2 N–H and O–H groups in total. The Balaban J connectivity index is 1.41. The van der Waals surface area contributed by atoms with Crippen molar-refractivity contribution in [3.63, 3.8) is 0 Å². The third-order valence-electron chi connectivity index (χ3n) is 5.46. The van der Waals surface area contributed by atoms with E-state index in [2.05, 4.69) is 47.9 Å². The SMILES string of the molecule is CCOC(CCCNC(=O)c1ccc(CNC2(C)Cc3ccccc3C2)s1)OCC. The molecule has 5 nitrogen and oxygen atoms in total. The molecule has 0 bridgehead atoms. The number of amides is 1. The van der Waals surface area contributed by atoms with Crippen molar-refractivity contribution in [2.24, 2.45) is 0 Å². The van der Waals surface area contributed by atoms with Crippen LogP contribution < -0.4 is 10.6 Å². The van der Waals surface area contributed by atoms with Gasteiger partial charge in [0.1, 0.15) is 0 Å². The van der Waals surface area contributed by atoms with Crippen LogP contribution in [-0.4, -0.2) is 37.5 Å². The first-order chi connectivity index (χ1) is 14.5. The molecule has 1 aromatic carbocycles. The van der Waals surface area contributed by atoms with Gasteiger partial charge >= 0.3 is 0 Å². The lowest BCUT2D eigenvalue weighted by Crippen LogP contribution is -2.42. The van der Waals surface area contributed by atoms with Crippen molar-refractivity contribution in [3.8, 4) is 0 Å². The number of hydrogen-bond acceptors (Lipinski definition) is 5. The number of carbonyl (C=O) groups is 1. The standard InChI is InChI=1S/C24H34N2O3S/c1-4-28-22(29-5-2)11-8-14-25-23(27)21-13-12-20(30-21)17-26-24(3)15-18-9-6-7-10-19(18)16-24/h6-7,9-10,12-13,22,26H,4-5,8,11,14-17H2,1-3H3,(H,25,27). The maximum atomic E-state index is 12.4. The molecule has 1 amide bonds. The maximum Gasteiger partial charge on any atom is 0.261 e. The first-order valence-electron chi connectivity index (χ1n) is 10.9. The van der Waals surface area contributed by atoms with E-state index >= 15 is 0 Å². The number of carbonyl (C=O) groups excluding carboxylic acids is 1. The van der Waals surface area contributed by atoms with Crippen molar-refractivity contribution in [1.82, 2.24) is 10.6 Å². The number of fused-ring (bicyclic) bond motifs is 1. The van der Waals surface area contributed by atoms with Crippen LogP contribution in [0.2, 0.25) is 0 Å². The Kier molecular flexibility index (Phi) is 8.45. The first kappa shape index (κ1) is 22.9. The molecule has 3 rings (SSSR count). The number of hydrogen-bond donors (Lipinski definition) is 2. The molecule has 0 saturated heterocycles. The fourth-order valence-electron chi connectivity index (χ4n) is 3.97. The Morgan fingerprint density at radius 3 is 2.40 bits per heavy atom. The van der Waals surface area contributed by atoms with Gasteiger partial charge in [-0.25, -0.2) is 0 Å². The largest absolute Gasteiger partial charge is 0.353 e. The molecule has 0 spiro atoms. The summed E-state index contributed by atoms with van der Waals surface area (Å²) in [5.41, 5.74) is 2.96. The molecule has 2 aromatic rings. The molecule has 0 aliphatic heterocycles. The predicted octanol–water partition coefficient (Wildman–Crippen LogP) is 4.30. The van der Waals surface area contributed by atoms with Gasteiger partial charge in [-0.05, 0) is 63.3 Å². The van der Waals surface area contributed by atoms with E-state index in [0.29, 0.717) is 19.8 Å². The Morgan fingerprint density at radius 1 is 1.10 bits per heavy atom. The minimum Gasteiger partial charge on any atom is -0.353 e. The molecule has 1 heterocycles. The Morgan fingerprint density at radius 2 is 1.77 bits per heavy atom. The molecule has 0 unspecified atom stereocenters. The lowest BCUT2D eigenvalue weighted by Gasteiger charge is -2.25. The second kappa shape index (κ2) is 11.0. The Hall–Kier alpha value is -1.73. The molecule has 0 radical (unpaired) electrons. The van der Waals surface area contributed by atoms with Gasteiger partial charge in [0.2, 0.25) is 0 Å². The van der Waals surface area contributed by atoms with Crippen LogP contribution in [-0.2, 0) is 28.9 Å². The molecule has 0 saturated carbocycles. The van der Waals surface area contributed by atoms with Gasteiger partial charge in [-0.1, -0.05) is 24.3 Å². The number of nitrogens with one attached hydrogen (secondary N) is 2. The molecule has 0 atom stereocenters. The molecule has 164 valence electrons. The van der Waals surface area contributed by atoms with Crippen LogP contribution in [0.5, 0.6) is 0 Å². The molecule has 6 heteroatoms. The maximum absolute atomic E-state index is 12.4. The minimum atomic E-state index is -0.181. The smallest absolute Gasteiger partial charge is 0.261 e. The highest BCUT2D eigenvalue weighted by atomic mass is 32.1. The van der Waals surface area contributed by atoms with Crippen LogP contribution in [0.15, 0.2) is 36.4 Å². The summed E-state index contributed by atoms with van der Waals surface area (Å²) in [5.74, 6) is -0.00453. The highest BCUT2D eigenvalue weighted by Crippen LogP contribution is 2.30. The number of rotatable bonds is 12. The minimum absolute atomic E-state index is 0.00453.